The Morgan fingerprint density at radius 3 is 2.76 bits per heavy atom. The highest BCUT2D eigenvalue weighted by Crippen LogP contribution is 2.18. The number of aromatic nitrogens is 2. The fraction of sp³-hybridized carbons (Fsp3) is 0.0625. The second kappa shape index (κ2) is 6.01. The van der Waals surface area contributed by atoms with Gasteiger partial charge in [0, 0.05) is 18.0 Å². The minimum atomic E-state index is 0.614. The summed E-state index contributed by atoms with van der Waals surface area (Å²) in [5.74, 6) is 5.56. The van der Waals surface area contributed by atoms with Crippen molar-refractivity contribution in [3.8, 4) is 0 Å². The van der Waals surface area contributed by atoms with E-state index < -0.39 is 0 Å². The zero-order chi connectivity index (χ0) is 14.7. The third-order valence-corrected chi connectivity index (χ3v) is 3.71. The van der Waals surface area contributed by atoms with E-state index in [-0.39, 0.29) is 0 Å². The SMILES string of the molecule is NN=C(Cc1ccnc2ccccc12)c1cccc(Br)n1. The van der Waals surface area contributed by atoms with Crippen molar-refractivity contribution < 1.29 is 0 Å². The van der Waals surface area contributed by atoms with Crippen LogP contribution in [0.15, 0.2) is 64.4 Å². The first-order valence-electron chi connectivity index (χ1n) is 6.50. The first-order valence-corrected chi connectivity index (χ1v) is 7.29. The maximum atomic E-state index is 5.56. The van der Waals surface area contributed by atoms with E-state index >= 15 is 0 Å². The Labute approximate surface area is 130 Å². The van der Waals surface area contributed by atoms with Gasteiger partial charge >= 0.3 is 0 Å². The maximum absolute atomic E-state index is 5.56. The molecule has 5 heteroatoms. The van der Waals surface area contributed by atoms with E-state index in [2.05, 4.69) is 37.1 Å². The van der Waals surface area contributed by atoms with Crippen molar-refractivity contribution in [3.05, 3.63) is 70.6 Å². The van der Waals surface area contributed by atoms with Gasteiger partial charge in [0.2, 0.25) is 0 Å². The van der Waals surface area contributed by atoms with E-state index in [1.54, 1.807) is 6.20 Å². The highest BCUT2D eigenvalue weighted by atomic mass is 79.9. The van der Waals surface area contributed by atoms with E-state index in [1.165, 1.54) is 0 Å². The van der Waals surface area contributed by atoms with Gasteiger partial charge in [0.1, 0.15) is 4.60 Å². The van der Waals surface area contributed by atoms with E-state index in [4.69, 9.17) is 5.84 Å². The molecule has 0 aliphatic heterocycles. The van der Waals surface area contributed by atoms with Gasteiger partial charge in [-0.15, -0.1) is 0 Å². The lowest BCUT2D eigenvalue weighted by molar-refractivity contribution is 1.15. The summed E-state index contributed by atoms with van der Waals surface area (Å²) in [5, 5.41) is 5.02. The Bertz CT molecular complexity index is 809. The number of hydrazone groups is 1. The predicted octanol–water partition coefficient (Wildman–Crippen LogP) is 3.30. The minimum absolute atomic E-state index is 0.614. The first kappa shape index (κ1) is 13.7. The van der Waals surface area contributed by atoms with Gasteiger partial charge in [-0.1, -0.05) is 24.3 Å². The Balaban J connectivity index is 2.01. The third-order valence-electron chi connectivity index (χ3n) is 3.26. The van der Waals surface area contributed by atoms with Crippen LogP contribution in [0.4, 0.5) is 0 Å². The number of pyridine rings is 2. The van der Waals surface area contributed by atoms with E-state index in [0.29, 0.717) is 6.42 Å². The number of benzene rings is 1. The molecule has 0 saturated carbocycles. The second-order valence-corrected chi connectivity index (χ2v) is 5.40. The van der Waals surface area contributed by atoms with Crippen molar-refractivity contribution in [2.45, 2.75) is 6.42 Å². The van der Waals surface area contributed by atoms with Crippen molar-refractivity contribution in [2.75, 3.05) is 0 Å². The molecule has 3 aromatic rings. The van der Waals surface area contributed by atoms with Crippen LogP contribution in [0, 0.1) is 0 Å². The summed E-state index contributed by atoms with van der Waals surface area (Å²) < 4.78 is 0.765. The summed E-state index contributed by atoms with van der Waals surface area (Å²) in [5.41, 5.74) is 3.61. The minimum Gasteiger partial charge on any atom is -0.323 e. The lowest BCUT2D eigenvalue weighted by atomic mass is 10.0. The fourth-order valence-corrected chi connectivity index (χ4v) is 2.60. The number of nitrogens with two attached hydrogens (primary N) is 1. The average molecular weight is 341 g/mol. The zero-order valence-corrected chi connectivity index (χ0v) is 12.8. The molecule has 0 amide bonds. The third kappa shape index (κ3) is 2.92. The number of fused-ring (bicyclic) bond motifs is 1. The molecule has 2 N–H and O–H groups in total. The van der Waals surface area contributed by atoms with Crippen LogP contribution >= 0.6 is 15.9 Å². The van der Waals surface area contributed by atoms with Crippen molar-refractivity contribution in [3.63, 3.8) is 0 Å². The molecule has 1 aromatic carbocycles. The van der Waals surface area contributed by atoms with Crippen LogP contribution in [0.2, 0.25) is 0 Å². The largest absolute Gasteiger partial charge is 0.323 e. The summed E-state index contributed by atoms with van der Waals surface area (Å²) in [6.45, 7) is 0. The Morgan fingerprint density at radius 1 is 1.10 bits per heavy atom. The molecule has 2 heterocycles. The summed E-state index contributed by atoms with van der Waals surface area (Å²) in [6, 6.07) is 15.7. The van der Waals surface area contributed by atoms with Gasteiger partial charge in [0.05, 0.1) is 16.9 Å². The van der Waals surface area contributed by atoms with Crippen molar-refractivity contribution in [1.82, 2.24) is 9.97 Å². The van der Waals surface area contributed by atoms with E-state index in [9.17, 15) is 0 Å². The molecular formula is C16H13BrN4. The van der Waals surface area contributed by atoms with Gasteiger partial charge in [-0.25, -0.2) is 4.98 Å². The lowest BCUT2D eigenvalue weighted by Gasteiger charge is -2.08. The molecule has 3 rings (SSSR count). The number of hydrogen-bond acceptors (Lipinski definition) is 4. The normalized spacial score (nSPS) is 11.8. The fourth-order valence-electron chi connectivity index (χ4n) is 2.26. The molecule has 21 heavy (non-hydrogen) atoms. The molecule has 0 spiro atoms. The van der Waals surface area contributed by atoms with Crippen LogP contribution in [0.3, 0.4) is 0 Å². The summed E-state index contributed by atoms with van der Waals surface area (Å²) >= 11 is 3.37. The van der Waals surface area contributed by atoms with Gasteiger partial charge < -0.3 is 5.84 Å². The molecule has 4 nitrogen and oxygen atoms in total. The molecule has 0 fully saturated rings. The van der Waals surface area contributed by atoms with Crippen LogP contribution in [0.25, 0.3) is 10.9 Å². The van der Waals surface area contributed by atoms with Gasteiger partial charge in [-0.2, -0.15) is 5.10 Å². The summed E-state index contributed by atoms with van der Waals surface area (Å²) in [4.78, 5) is 8.78. The highest BCUT2D eigenvalue weighted by Gasteiger charge is 2.09. The van der Waals surface area contributed by atoms with Gasteiger partial charge in [0.25, 0.3) is 0 Å². The predicted molar refractivity (Wildman–Crippen MR) is 88.1 cm³/mol. The average Bonchev–Trinajstić information content (AvgIpc) is 2.52. The number of nitrogens with zero attached hydrogens (tertiary/aromatic N) is 3. The molecule has 0 unspecified atom stereocenters. The number of halogens is 1. The van der Waals surface area contributed by atoms with Crippen molar-refractivity contribution in [1.29, 1.82) is 0 Å². The zero-order valence-electron chi connectivity index (χ0n) is 11.2. The highest BCUT2D eigenvalue weighted by molar-refractivity contribution is 9.10. The van der Waals surface area contributed by atoms with Gasteiger partial charge in [0.15, 0.2) is 0 Å². The monoisotopic (exact) mass is 340 g/mol. The van der Waals surface area contributed by atoms with Crippen molar-refractivity contribution >= 4 is 32.5 Å². The van der Waals surface area contributed by atoms with E-state index in [1.807, 2.05) is 42.5 Å². The van der Waals surface area contributed by atoms with Gasteiger partial charge in [-0.3, -0.25) is 4.98 Å². The molecule has 0 atom stereocenters. The molecule has 0 saturated heterocycles. The number of rotatable bonds is 3. The maximum Gasteiger partial charge on any atom is 0.106 e. The smallest absolute Gasteiger partial charge is 0.106 e. The molecule has 104 valence electrons. The first-order chi connectivity index (χ1) is 10.3. The summed E-state index contributed by atoms with van der Waals surface area (Å²) in [7, 11) is 0. The van der Waals surface area contributed by atoms with Crippen LogP contribution in [-0.2, 0) is 6.42 Å². The quantitative estimate of drug-likeness (QED) is 0.344. The standard InChI is InChI=1S/C16H13BrN4/c17-16-7-3-6-14(20-16)15(21-18)10-11-8-9-19-13-5-2-1-4-12(11)13/h1-9H,10,18H2. The molecule has 0 aliphatic carbocycles. The van der Waals surface area contributed by atoms with Crippen LogP contribution in [0.1, 0.15) is 11.3 Å². The van der Waals surface area contributed by atoms with E-state index in [0.717, 1.165) is 32.5 Å². The van der Waals surface area contributed by atoms with Crippen LogP contribution in [-0.4, -0.2) is 15.7 Å². The molecule has 0 bridgehead atoms. The number of para-hydroxylation sites is 1. The molecule has 2 aromatic heterocycles. The number of hydrogen-bond donors (Lipinski definition) is 1. The lowest BCUT2D eigenvalue weighted by Crippen LogP contribution is -2.10. The van der Waals surface area contributed by atoms with Crippen molar-refractivity contribution in [2.24, 2.45) is 10.9 Å². The van der Waals surface area contributed by atoms with Crippen LogP contribution < -0.4 is 5.84 Å². The Hall–Kier alpha value is -2.27. The molecule has 0 aliphatic rings. The molecular weight excluding hydrogens is 328 g/mol. The Kier molecular flexibility index (Phi) is 3.92. The second-order valence-electron chi connectivity index (χ2n) is 4.59. The topological polar surface area (TPSA) is 64.2 Å². The summed E-state index contributed by atoms with van der Waals surface area (Å²) in [6.07, 6.45) is 2.42. The van der Waals surface area contributed by atoms with Crippen LogP contribution in [0.5, 0.6) is 0 Å². The Morgan fingerprint density at radius 2 is 1.95 bits per heavy atom. The molecule has 0 radical (unpaired) electrons. The van der Waals surface area contributed by atoms with Gasteiger partial charge in [-0.05, 0) is 45.8 Å².